The van der Waals surface area contributed by atoms with Crippen molar-refractivity contribution in [2.24, 2.45) is 0 Å². The van der Waals surface area contributed by atoms with Crippen LogP contribution in [-0.2, 0) is 15.3 Å². The van der Waals surface area contributed by atoms with E-state index in [9.17, 15) is 14.4 Å². The molecule has 1 spiro atoms. The lowest BCUT2D eigenvalue weighted by Crippen LogP contribution is -2.45. The fourth-order valence-corrected chi connectivity index (χ4v) is 6.91. The highest BCUT2D eigenvalue weighted by Gasteiger charge is 2.51. The molecule has 3 aliphatic heterocycles. The summed E-state index contributed by atoms with van der Waals surface area (Å²) in [6.07, 6.45) is 0. The van der Waals surface area contributed by atoms with Gasteiger partial charge in [0.25, 0.3) is 17.6 Å². The molecule has 0 bridgehead atoms. The number of ether oxygens (including phenoxy) is 3. The lowest BCUT2D eigenvalue weighted by Gasteiger charge is -2.23. The van der Waals surface area contributed by atoms with Gasteiger partial charge in [0.1, 0.15) is 22.8 Å². The van der Waals surface area contributed by atoms with Crippen LogP contribution in [0.5, 0.6) is 17.2 Å². The number of methoxy groups -OCH3 is 3. The Bertz CT molecular complexity index is 2920. The van der Waals surface area contributed by atoms with Gasteiger partial charge in [-0.25, -0.2) is 9.97 Å². The average Bonchev–Trinajstić information content (AvgIpc) is 4.00. The third kappa shape index (κ3) is 7.22. The molecule has 15 nitrogen and oxygen atoms in total. The van der Waals surface area contributed by atoms with Crippen molar-refractivity contribution >= 4 is 84.8 Å². The highest BCUT2D eigenvalue weighted by atomic mass is 16.5. The summed E-state index contributed by atoms with van der Waals surface area (Å²) in [6, 6.07) is 39.3. The van der Waals surface area contributed by atoms with Gasteiger partial charge in [-0.05, 0) is 91.0 Å². The summed E-state index contributed by atoms with van der Waals surface area (Å²) in [5.74, 6) is 0.917. The first-order valence-corrected chi connectivity index (χ1v) is 18.6. The van der Waals surface area contributed by atoms with Gasteiger partial charge in [-0.15, -0.1) is 0 Å². The van der Waals surface area contributed by atoms with Gasteiger partial charge in [0, 0.05) is 22.2 Å². The Balaban J connectivity index is 0.000000116. The van der Waals surface area contributed by atoms with Crippen LogP contribution in [-0.4, -0.2) is 53.9 Å². The molecule has 8 aromatic rings. The molecule has 0 radical (unpaired) electrons. The quantitative estimate of drug-likeness (QED) is 0.0692. The molecule has 15 heteroatoms. The molecule has 9 N–H and O–H groups in total. The topological polar surface area (TPSA) is 221 Å². The largest absolute Gasteiger partial charge is 0.497 e. The number of aromatic nitrogens is 3. The van der Waals surface area contributed by atoms with Crippen LogP contribution in [0.2, 0.25) is 0 Å². The van der Waals surface area contributed by atoms with Crippen LogP contribution >= 0.6 is 0 Å². The van der Waals surface area contributed by atoms with Crippen LogP contribution in [0.15, 0.2) is 127 Å². The summed E-state index contributed by atoms with van der Waals surface area (Å²) in [6.45, 7) is 0. The number of ketones is 1. The maximum absolute atomic E-state index is 12.4. The Kier molecular flexibility index (Phi) is 10.2. The second-order valence-corrected chi connectivity index (χ2v) is 13.7. The Hall–Kier alpha value is -8.33. The van der Waals surface area contributed by atoms with Crippen LogP contribution in [0, 0.1) is 0 Å². The number of rotatable bonds is 3. The van der Waals surface area contributed by atoms with Crippen molar-refractivity contribution in [1.29, 1.82) is 0 Å². The minimum Gasteiger partial charge on any atom is -0.497 e. The number of nitrogens with zero attached hydrogens (tertiary/aromatic N) is 2. The molecular formula is C45H39N9O6. The predicted octanol–water partition coefficient (Wildman–Crippen LogP) is 7.29. The van der Waals surface area contributed by atoms with Crippen LogP contribution in [0.3, 0.4) is 0 Å². The van der Waals surface area contributed by atoms with Crippen LogP contribution in [0.4, 0.5) is 34.1 Å². The molecule has 0 saturated heterocycles. The number of anilines is 6. The number of benzene rings is 6. The smallest absolute Gasteiger partial charge is 0.296 e. The van der Waals surface area contributed by atoms with Crippen LogP contribution < -0.4 is 46.9 Å². The summed E-state index contributed by atoms with van der Waals surface area (Å²) >= 11 is 0. The molecule has 6 aromatic carbocycles. The second-order valence-electron chi connectivity index (χ2n) is 13.7. The number of Topliss-reactive ketones (excluding diaryl/α,β-unsaturated/α-hetero) is 1. The zero-order chi connectivity index (χ0) is 42.0. The Morgan fingerprint density at radius 3 is 1.75 bits per heavy atom. The van der Waals surface area contributed by atoms with E-state index in [1.807, 2.05) is 97.1 Å². The third-order valence-electron chi connectivity index (χ3n) is 10.0. The van der Waals surface area contributed by atoms with Crippen molar-refractivity contribution in [3.8, 4) is 17.2 Å². The van der Waals surface area contributed by atoms with Gasteiger partial charge >= 0.3 is 0 Å². The van der Waals surface area contributed by atoms with Gasteiger partial charge in [-0.1, -0.05) is 36.4 Å². The molecule has 0 unspecified atom stereocenters. The number of nitrogen functional groups attached to an aromatic ring is 2. The van der Waals surface area contributed by atoms with Gasteiger partial charge in [-0.2, -0.15) is 0 Å². The highest BCUT2D eigenvalue weighted by Crippen LogP contribution is 2.46. The fourth-order valence-electron chi connectivity index (χ4n) is 6.91. The van der Waals surface area contributed by atoms with Gasteiger partial charge < -0.3 is 51.9 Å². The lowest BCUT2D eigenvalue weighted by atomic mass is 10.0. The van der Waals surface area contributed by atoms with Crippen LogP contribution in [0.25, 0.3) is 33.1 Å². The number of fused-ring (bicyclic) bond motifs is 8. The predicted molar refractivity (Wildman–Crippen MR) is 234 cm³/mol. The number of hydrogen-bond acceptors (Lipinski definition) is 12. The first-order chi connectivity index (χ1) is 29.1. The molecule has 300 valence electrons. The molecule has 11 rings (SSSR count). The van der Waals surface area contributed by atoms with E-state index in [0.29, 0.717) is 28.4 Å². The van der Waals surface area contributed by atoms with Gasteiger partial charge in [0.2, 0.25) is 5.66 Å². The van der Waals surface area contributed by atoms with Crippen molar-refractivity contribution in [1.82, 2.24) is 15.0 Å². The van der Waals surface area contributed by atoms with E-state index in [1.165, 1.54) is 7.11 Å². The molecular weight excluding hydrogens is 763 g/mol. The van der Waals surface area contributed by atoms with Crippen molar-refractivity contribution in [2.45, 2.75) is 5.66 Å². The monoisotopic (exact) mass is 801 g/mol. The fraction of sp³-hybridized carbons (Fsp3) is 0.0889. The molecule has 3 aliphatic rings. The van der Waals surface area contributed by atoms with Gasteiger partial charge in [-0.3, -0.25) is 14.4 Å². The van der Waals surface area contributed by atoms with E-state index in [2.05, 4.69) is 31.2 Å². The second kappa shape index (κ2) is 15.9. The van der Waals surface area contributed by atoms with E-state index in [4.69, 9.17) is 30.7 Å². The minimum atomic E-state index is -0.951. The van der Waals surface area contributed by atoms with E-state index in [-0.39, 0.29) is 5.91 Å². The number of hydrogen-bond donors (Lipinski definition) is 7. The van der Waals surface area contributed by atoms with Crippen molar-refractivity contribution in [2.75, 3.05) is 54.1 Å². The summed E-state index contributed by atoms with van der Waals surface area (Å²) in [4.78, 5) is 47.2. The van der Waals surface area contributed by atoms with Crippen molar-refractivity contribution < 1.29 is 28.6 Å². The Morgan fingerprint density at radius 1 is 0.567 bits per heavy atom. The van der Waals surface area contributed by atoms with E-state index < -0.39 is 17.4 Å². The minimum absolute atomic E-state index is 0.114. The van der Waals surface area contributed by atoms with E-state index in [1.54, 1.807) is 44.6 Å². The number of aromatic amines is 1. The van der Waals surface area contributed by atoms with Crippen molar-refractivity contribution in [3.05, 3.63) is 139 Å². The molecule has 5 heterocycles. The molecule has 2 aromatic heterocycles. The SMILES string of the molecule is COc1ccc2[nH]c3nc4ccccc4nc3c2c1.COc1ccc2c(c1)C(=O)C(=O)N2.COc1ccc2c(c1)C1(Nc3ccccc3N1)C(=O)N2.Nc1ccccc1N. The molecule has 0 saturated carbocycles. The molecule has 0 aliphatic carbocycles. The maximum Gasteiger partial charge on any atom is 0.296 e. The molecule has 0 atom stereocenters. The Labute approximate surface area is 343 Å². The Morgan fingerprint density at radius 2 is 1.12 bits per heavy atom. The molecule has 60 heavy (non-hydrogen) atoms. The van der Waals surface area contributed by atoms with Gasteiger partial charge in [0.15, 0.2) is 5.65 Å². The summed E-state index contributed by atoms with van der Waals surface area (Å²) in [7, 11) is 4.79. The summed E-state index contributed by atoms with van der Waals surface area (Å²) < 4.78 is 15.5. The number of carbonyl (C=O) groups is 3. The van der Waals surface area contributed by atoms with Crippen molar-refractivity contribution in [3.63, 3.8) is 0 Å². The summed E-state index contributed by atoms with van der Waals surface area (Å²) in [5.41, 5.74) is 20.0. The number of amides is 2. The maximum atomic E-state index is 12.4. The van der Waals surface area contributed by atoms with E-state index in [0.717, 1.165) is 67.2 Å². The molecule has 2 amide bonds. The zero-order valence-electron chi connectivity index (χ0n) is 32.6. The number of H-pyrrole nitrogens is 1. The lowest BCUT2D eigenvalue weighted by molar-refractivity contribution is -0.119. The first-order valence-electron chi connectivity index (χ1n) is 18.6. The number of para-hydroxylation sites is 6. The first kappa shape index (κ1) is 38.5. The van der Waals surface area contributed by atoms with Crippen LogP contribution in [0.1, 0.15) is 15.9 Å². The number of nitrogens with two attached hydrogens (primary N) is 2. The third-order valence-corrected chi connectivity index (χ3v) is 10.0. The number of carbonyl (C=O) groups excluding carboxylic acids is 3. The van der Waals surface area contributed by atoms with E-state index >= 15 is 0 Å². The zero-order valence-corrected chi connectivity index (χ0v) is 32.6. The average molecular weight is 802 g/mol. The molecule has 0 fully saturated rings. The standard InChI is InChI=1S/C15H13N3O2.C15H11N3O.C9H7NO3.C6H8N2/c1-20-9-6-7-11-10(8-9)15(14(19)16-11)17-12-4-2-3-5-13(12)18-15;1-19-9-6-7-11-10(8-9)14-15(17-11)18-13-5-3-2-4-12(13)16-14;1-13-5-2-3-7-6(4-5)8(11)9(12)10-7;7-5-3-1-2-4-6(5)8/h2-8,17-18H,1H3,(H,16,19);2-8H,1H3,(H,17,18);2-4H,1H3,(H,10,11,12);1-4H,7-8H2. The number of nitrogens with one attached hydrogen (secondary N) is 5. The summed E-state index contributed by atoms with van der Waals surface area (Å²) in [5, 5.41) is 13.0. The van der Waals surface area contributed by atoms with Gasteiger partial charge in [0.05, 0.1) is 66.4 Å². The highest BCUT2D eigenvalue weighted by molar-refractivity contribution is 6.51. The normalized spacial score (nSPS) is 13.5.